The largest absolute Gasteiger partial charge is 0.471 e. The lowest BCUT2D eigenvalue weighted by Gasteiger charge is -2.41. The second-order valence-electron chi connectivity index (χ2n) is 10.5. The maximum atomic E-state index is 16.0. The minimum Gasteiger partial charge on any atom is -0.368 e. The molecule has 1 aromatic rings. The monoisotopic (exact) mass is 575 g/mol. The van der Waals surface area contributed by atoms with Gasteiger partial charge < -0.3 is 26.2 Å². The number of nitrogens with two attached hydrogens (primary N) is 1. The van der Waals surface area contributed by atoms with Crippen LogP contribution in [0.25, 0.3) is 0 Å². The van der Waals surface area contributed by atoms with E-state index < -0.39 is 83.7 Å². The van der Waals surface area contributed by atoms with Gasteiger partial charge in [-0.05, 0) is 31.7 Å². The smallest absolute Gasteiger partial charge is 0.368 e. The van der Waals surface area contributed by atoms with Crippen molar-refractivity contribution < 1.29 is 45.9 Å². The van der Waals surface area contributed by atoms with E-state index in [0.717, 1.165) is 29.8 Å². The number of carbonyl (C=O) groups is 5. The standard InChI is InChI=1S/C25H30F5N5O5/c1-12(2)9-16(34(4)19(37)13(3)32-22(40)25(28,29)30)20(38)35-11-23(10-17(35)18(31)36)21(39)33-15-8-6-5-7-14(15)24(23,26)27/h5-8,12-13,16-17H,9-11H2,1-4H3,(H2,31,36)(H,32,40)(H,33,39)/t13?,16?,17-,23+/m0/s1. The van der Waals surface area contributed by atoms with E-state index in [1.54, 1.807) is 13.8 Å². The first-order valence-corrected chi connectivity index (χ1v) is 12.4. The predicted octanol–water partition coefficient (Wildman–Crippen LogP) is 1.74. The number of amides is 5. The third kappa shape index (κ3) is 5.32. The van der Waals surface area contributed by atoms with E-state index in [1.165, 1.54) is 23.5 Å². The Morgan fingerprint density at radius 2 is 1.77 bits per heavy atom. The number of para-hydroxylation sites is 1. The molecule has 3 rings (SSSR count). The third-order valence-corrected chi connectivity index (χ3v) is 7.29. The van der Waals surface area contributed by atoms with E-state index in [-0.39, 0.29) is 18.0 Å². The molecule has 0 aliphatic carbocycles. The fourth-order valence-corrected chi connectivity index (χ4v) is 5.15. The Labute approximate surface area is 226 Å². The molecule has 10 nitrogen and oxygen atoms in total. The number of hydrogen-bond donors (Lipinski definition) is 3. The number of nitrogens with zero attached hydrogens (tertiary/aromatic N) is 2. The van der Waals surface area contributed by atoms with Crippen molar-refractivity contribution in [1.82, 2.24) is 15.1 Å². The number of carbonyl (C=O) groups excluding carboxylic acids is 5. The van der Waals surface area contributed by atoms with Crippen molar-refractivity contribution in [3.8, 4) is 0 Å². The van der Waals surface area contributed by atoms with Crippen molar-refractivity contribution in [3.63, 3.8) is 0 Å². The van der Waals surface area contributed by atoms with Crippen LogP contribution in [0, 0.1) is 11.3 Å². The molecule has 5 amide bonds. The van der Waals surface area contributed by atoms with Crippen molar-refractivity contribution in [3.05, 3.63) is 29.8 Å². The van der Waals surface area contributed by atoms with E-state index >= 15 is 8.78 Å². The number of hydrogen-bond acceptors (Lipinski definition) is 5. The topological polar surface area (TPSA) is 142 Å². The van der Waals surface area contributed by atoms with Gasteiger partial charge >= 0.3 is 12.1 Å². The summed E-state index contributed by atoms with van der Waals surface area (Å²) in [7, 11) is 1.10. The van der Waals surface area contributed by atoms with E-state index in [4.69, 9.17) is 5.73 Å². The van der Waals surface area contributed by atoms with Gasteiger partial charge in [-0.1, -0.05) is 32.0 Å². The van der Waals surface area contributed by atoms with Crippen LogP contribution in [0.1, 0.15) is 39.2 Å². The van der Waals surface area contributed by atoms with Gasteiger partial charge in [0.15, 0.2) is 0 Å². The van der Waals surface area contributed by atoms with Gasteiger partial charge in [0.1, 0.15) is 23.5 Å². The van der Waals surface area contributed by atoms with Crippen molar-refractivity contribution in [2.75, 3.05) is 18.9 Å². The van der Waals surface area contributed by atoms with E-state index in [9.17, 15) is 37.1 Å². The summed E-state index contributed by atoms with van der Waals surface area (Å²) in [6.07, 6.45) is -6.14. The SMILES string of the molecule is CC(C)CC(C(=O)N1C[C@]2(C[C@H]1C(N)=O)C(=O)Nc1ccccc1C2(F)F)N(C)C(=O)C(C)NC(=O)C(F)(F)F. The number of rotatable bonds is 7. The Morgan fingerprint density at radius 3 is 2.33 bits per heavy atom. The lowest BCUT2D eigenvalue weighted by Crippen LogP contribution is -2.58. The van der Waals surface area contributed by atoms with Gasteiger partial charge in [-0.15, -0.1) is 0 Å². The predicted molar refractivity (Wildman–Crippen MR) is 130 cm³/mol. The summed E-state index contributed by atoms with van der Waals surface area (Å²) in [4.78, 5) is 65.1. The van der Waals surface area contributed by atoms with Gasteiger partial charge in [0.05, 0.1) is 0 Å². The first kappa shape index (κ1) is 30.8. The Morgan fingerprint density at radius 1 is 1.18 bits per heavy atom. The first-order valence-electron chi connectivity index (χ1n) is 12.4. The van der Waals surface area contributed by atoms with Crippen LogP contribution in [0.2, 0.25) is 0 Å². The number of fused-ring (bicyclic) bond motifs is 1. The van der Waals surface area contributed by atoms with Gasteiger partial charge in [-0.2, -0.15) is 22.0 Å². The van der Waals surface area contributed by atoms with Crippen molar-refractivity contribution in [1.29, 1.82) is 0 Å². The second-order valence-corrected chi connectivity index (χ2v) is 10.5. The summed E-state index contributed by atoms with van der Waals surface area (Å²) in [5.74, 6) is -10.8. The summed E-state index contributed by atoms with van der Waals surface area (Å²) in [6, 6.07) is 0.408. The van der Waals surface area contributed by atoms with E-state index in [1.807, 2.05) is 0 Å². The number of primary amides is 1. The first-order chi connectivity index (χ1) is 18.3. The van der Waals surface area contributed by atoms with Gasteiger partial charge in [0, 0.05) is 24.8 Å². The molecule has 0 radical (unpaired) electrons. The summed E-state index contributed by atoms with van der Waals surface area (Å²) < 4.78 is 70.0. The molecule has 40 heavy (non-hydrogen) atoms. The van der Waals surface area contributed by atoms with Crippen LogP contribution in [-0.4, -0.2) is 77.2 Å². The van der Waals surface area contributed by atoms with Crippen LogP contribution in [0.15, 0.2) is 24.3 Å². The fourth-order valence-electron chi connectivity index (χ4n) is 5.15. The maximum Gasteiger partial charge on any atom is 0.471 e. The Bertz CT molecular complexity index is 1220. The van der Waals surface area contributed by atoms with Crippen LogP contribution in [0.4, 0.5) is 27.6 Å². The Balaban J connectivity index is 1.97. The van der Waals surface area contributed by atoms with Gasteiger partial charge in [-0.3, -0.25) is 24.0 Å². The Hall–Kier alpha value is -3.78. The maximum absolute atomic E-state index is 16.0. The molecule has 15 heteroatoms. The minimum atomic E-state index is -5.26. The highest BCUT2D eigenvalue weighted by Gasteiger charge is 2.69. The normalized spacial score (nSPS) is 23.3. The molecule has 0 bridgehead atoms. The average Bonchev–Trinajstić information content (AvgIpc) is 3.28. The molecular formula is C25H30F5N5O5. The van der Waals surface area contributed by atoms with Crippen molar-refractivity contribution in [2.45, 2.75) is 63.8 Å². The highest BCUT2D eigenvalue weighted by Crippen LogP contribution is 2.57. The molecule has 1 aromatic carbocycles. The molecule has 1 fully saturated rings. The molecule has 2 aliphatic heterocycles. The van der Waals surface area contributed by atoms with Crippen LogP contribution < -0.4 is 16.4 Å². The molecule has 0 saturated carbocycles. The van der Waals surface area contributed by atoms with Gasteiger partial charge in [-0.25, -0.2) is 0 Å². The lowest BCUT2D eigenvalue weighted by molar-refractivity contribution is -0.175. The lowest BCUT2D eigenvalue weighted by atomic mass is 9.72. The van der Waals surface area contributed by atoms with Crippen LogP contribution in [-0.2, 0) is 29.9 Å². The van der Waals surface area contributed by atoms with Crippen molar-refractivity contribution in [2.24, 2.45) is 17.1 Å². The van der Waals surface area contributed by atoms with E-state index in [2.05, 4.69) is 5.32 Å². The summed E-state index contributed by atoms with van der Waals surface area (Å²) in [5.41, 5.74) is 2.29. The van der Waals surface area contributed by atoms with Crippen LogP contribution >= 0.6 is 0 Å². The third-order valence-electron chi connectivity index (χ3n) is 7.29. The van der Waals surface area contributed by atoms with Crippen LogP contribution in [0.3, 0.4) is 0 Å². The quantitative estimate of drug-likeness (QED) is 0.425. The number of likely N-dealkylation sites (tertiary alicyclic amines) is 1. The summed E-state index contributed by atoms with van der Waals surface area (Å²) in [5, 5.41) is 3.92. The van der Waals surface area contributed by atoms with Crippen LogP contribution in [0.5, 0.6) is 0 Å². The van der Waals surface area contributed by atoms with E-state index in [0.29, 0.717) is 0 Å². The highest BCUT2D eigenvalue weighted by molar-refractivity contribution is 6.02. The zero-order valence-corrected chi connectivity index (χ0v) is 22.1. The average molecular weight is 576 g/mol. The Kier molecular flexibility index (Phi) is 8.19. The molecule has 0 aromatic heterocycles. The molecular weight excluding hydrogens is 545 g/mol. The van der Waals surface area contributed by atoms with Crippen molar-refractivity contribution >= 4 is 35.2 Å². The zero-order valence-electron chi connectivity index (χ0n) is 22.1. The van der Waals surface area contributed by atoms with Gasteiger partial charge in [0.25, 0.3) is 5.92 Å². The number of nitrogens with one attached hydrogen (secondary N) is 2. The molecule has 220 valence electrons. The molecule has 2 heterocycles. The minimum absolute atomic E-state index is 0.0819. The number of anilines is 1. The molecule has 1 spiro atoms. The number of benzene rings is 1. The number of likely N-dealkylation sites (N-methyl/N-ethyl adjacent to an activating group) is 1. The molecule has 1 saturated heterocycles. The zero-order chi connectivity index (χ0) is 30.4. The summed E-state index contributed by atoms with van der Waals surface area (Å²) >= 11 is 0. The molecule has 2 unspecified atom stereocenters. The molecule has 2 aliphatic rings. The second kappa shape index (κ2) is 10.7. The highest BCUT2D eigenvalue weighted by atomic mass is 19.4. The fraction of sp³-hybridized carbons (Fsp3) is 0.560. The molecule has 4 N–H and O–H groups in total. The summed E-state index contributed by atoms with van der Waals surface area (Å²) in [6.45, 7) is 3.42. The number of alkyl halides is 5. The molecule has 4 atom stereocenters. The number of halogens is 5. The van der Waals surface area contributed by atoms with Gasteiger partial charge in [0.2, 0.25) is 23.6 Å².